The van der Waals surface area contributed by atoms with Gasteiger partial charge in [-0.1, -0.05) is 11.6 Å². The van der Waals surface area contributed by atoms with Gasteiger partial charge in [0.2, 0.25) is 0 Å². The van der Waals surface area contributed by atoms with Gasteiger partial charge in [-0.05, 0) is 42.9 Å². The zero-order valence-corrected chi connectivity index (χ0v) is 13.8. The average molecular weight is 358 g/mol. The number of ether oxygens (including phenoxy) is 1. The SMILES string of the molecule is COc1ccc(F)c(CCNC(=S)Nc2ncccc2Cl)c1F. The van der Waals surface area contributed by atoms with E-state index in [1.165, 1.54) is 19.2 Å². The highest BCUT2D eigenvalue weighted by Crippen LogP contribution is 2.23. The maximum Gasteiger partial charge on any atom is 0.171 e. The summed E-state index contributed by atoms with van der Waals surface area (Å²) in [6, 6.07) is 5.77. The summed E-state index contributed by atoms with van der Waals surface area (Å²) >= 11 is 11.0. The zero-order valence-electron chi connectivity index (χ0n) is 12.2. The van der Waals surface area contributed by atoms with Gasteiger partial charge >= 0.3 is 0 Å². The van der Waals surface area contributed by atoms with Crippen LogP contribution >= 0.6 is 23.8 Å². The number of aromatic nitrogens is 1. The molecular weight excluding hydrogens is 344 g/mol. The summed E-state index contributed by atoms with van der Waals surface area (Å²) in [7, 11) is 1.33. The van der Waals surface area contributed by atoms with Gasteiger partial charge in [-0.15, -0.1) is 0 Å². The molecule has 2 rings (SSSR count). The van der Waals surface area contributed by atoms with Gasteiger partial charge in [0.15, 0.2) is 22.5 Å². The second-order valence-corrected chi connectivity index (χ2v) is 5.32. The second-order valence-electron chi connectivity index (χ2n) is 4.51. The number of methoxy groups -OCH3 is 1. The monoisotopic (exact) mass is 357 g/mol. The Morgan fingerprint density at radius 3 is 2.83 bits per heavy atom. The summed E-state index contributed by atoms with van der Waals surface area (Å²) < 4.78 is 32.5. The van der Waals surface area contributed by atoms with Crippen molar-refractivity contribution >= 4 is 34.7 Å². The first-order valence-corrected chi connectivity index (χ1v) is 7.47. The van der Waals surface area contributed by atoms with Crippen molar-refractivity contribution in [3.63, 3.8) is 0 Å². The van der Waals surface area contributed by atoms with Gasteiger partial charge in [0.25, 0.3) is 0 Å². The van der Waals surface area contributed by atoms with E-state index in [4.69, 9.17) is 28.6 Å². The molecule has 0 aliphatic carbocycles. The molecule has 0 aliphatic heterocycles. The Morgan fingerprint density at radius 1 is 1.35 bits per heavy atom. The molecule has 4 nitrogen and oxygen atoms in total. The van der Waals surface area contributed by atoms with Crippen LogP contribution in [0.4, 0.5) is 14.6 Å². The van der Waals surface area contributed by atoms with Gasteiger partial charge in [-0.2, -0.15) is 0 Å². The third kappa shape index (κ3) is 4.49. The molecule has 122 valence electrons. The van der Waals surface area contributed by atoms with Gasteiger partial charge in [-0.25, -0.2) is 13.8 Å². The molecule has 1 aromatic carbocycles. The van der Waals surface area contributed by atoms with E-state index in [0.29, 0.717) is 10.8 Å². The molecule has 0 bridgehead atoms. The molecule has 1 aromatic heterocycles. The van der Waals surface area contributed by atoms with Crippen LogP contribution in [0.15, 0.2) is 30.5 Å². The number of pyridine rings is 1. The Hall–Kier alpha value is -1.99. The molecule has 0 aliphatic rings. The van der Waals surface area contributed by atoms with Crippen molar-refractivity contribution in [2.45, 2.75) is 6.42 Å². The molecule has 2 N–H and O–H groups in total. The summed E-state index contributed by atoms with van der Waals surface area (Å²) in [5.74, 6) is -0.925. The molecule has 0 spiro atoms. The lowest BCUT2D eigenvalue weighted by atomic mass is 10.1. The first-order valence-electron chi connectivity index (χ1n) is 6.69. The van der Waals surface area contributed by atoms with Crippen LogP contribution in [-0.4, -0.2) is 23.8 Å². The van der Waals surface area contributed by atoms with Crippen LogP contribution in [0.1, 0.15) is 5.56 Å². The van der Waals surface area contributed by atoms with Crippen molar-refractivity contribution in [3.05, 3.63) is 52.7 Å². The lowest BCUT2D eigenvalue weighted by Gasteiger charge is -2.12. The molecule has 0 atom stereocenters. The summed E-state index contributed by atoms with van der Waals surface area (Å²) in [5.41, 5.74) is -0.0597. The van der Waals surface area contributed by atoms with Gasteiger partial charge in [0.1, 0.15) is 5.82 Å². The van der Waals surface area contributed by atoms with Crippen molar-refractivity contribution in [3.8, 4) is 5.75 Å². The Bertz CT molecular complexity index is 715. The fourth-order valence-corrected chi connectivity index (χ4v) is 2.26. The van der Waals surface area contributed by atoms with Gasteiger partial charge < -0.3 is 15.4 Å². The Labute approximate surface area is 142 Å². The summed E-state index contributed by atoms with van der Waals surface area (Å²) in [5, 5.41) is 6.34. The third-order valence-corrected chi connectivity index (χ3v) is 3.57. The van der Waals surface area contributed by atoms with Crippen LogP contribution in [0, 0.1) is 11.6 Å². The average Bonchev–Trinajstić information content (AvgIpc) is 2.53. The Morgan fingerprint density at radius 2 is 2.13 bits per heavy atom. The predicted molar refractivity (Wildman–Crippen MR) is 90.1 cm³/mol. The van der Waals surface area contributed by atoms with Crippen molar-refractivity contribution in [2.75, 3.05) is 19.0 Å². The summed E-state index contributed by atoms with van der Waals surface area (Å²) in [6.07, 6.45) is 1.67. The van der Waals surface area contributed by atoms with Crippen LogP contribution in [-0.2, 0) is 6.42 Å². The first kappa shape index (κ1) is 17.4. The van der Waals surface area contributed by atoms with Crippen molar-refractivity contribution in [1.29, 1.82) is 0 Å². The van der Waals surface area contributed by atoms with E-state index < -0.39 is 11.6 Å². The number of nitrogens with zero attached hydrogens (tertiary/aromatic N) is 1. The van der Waals surface area contributed by atoms with E-state index in [-0.39, 0.29) is 29.4 Å². The lowest BCUT2D eigenvalue weighted by molar-refractivity contribution is 0.380. The Kier molecular flexibility index (Phi) is 6.06. The number of benzene rings is 1. The number of rotatable bonds is 5. The molecule has 23 heavy (non-hydrogen) atoms. The van der Waals surface area contributed by atoms with E-state index in [1.807, 2.05) is 0 Å². The number of anilines is 1. The highest BCUT2D eigenvalue weighted by atomic mass is 35.5. The van der Waals surface area contributed by atoms with Crippen molar-refractivity contribution in [2.24, 2.45) is 0 Å². The Balaban J connectivity index is 1.93. The smallest absolute Gasteiger partial charge is 0.171 e. The van der Waals surface area contributed by atoms with Crippen molar-refractivity contribution in [1.82, 2.24) is 10.3 Å². The minimum absolute atomic E-state index is 0.00219. The highest BCUT2D eigenvalue weighted by molar-refractivity contribution is 7.80. The molecule has 8 heteroatoms. The molecule has 0 fully saturated rings. The van der Waals surface area contributed by atoms with Crippen LogP contribution in [0.5, 0.6) is 5.75 Å². The highest BCUT2D eigenvalue weighted by Gasteiger charge is 2.14. The minimum Gasteiger partial charge on any atom is -0.494 e. The third-order valence-electron chi connectivity index (χ3n) is 3.02. The van der Waals surface area contributed by atoms with Gasteiger partial charge in [0.05, 0.1) is 12.1 Å². The van der Waals surface area contributed by atoms with Gasteiger partial charge in [-0.3, -0.25) is 0 Å². The fourth-order valence-electron chi connectivity index (χ4n) is 1.89. The maximum atomic E-state index is 14.0. The number of halogens is 3. The number of hydrogen-bond acceptors (Lipinski definition) is 3. The quantitative estimate of drug-likeness (QED) is 0.801. The largest absolute Gasteiger partial charge is 0.494 e. The standard InChI is InChI=1S/C15H14ClF2N3OS/c1-22-12-5-4-11(17)9(13(12)18)6-8-20-15(23)21-14-10(16)3-2-7-19-14/h2-5,7H,6,8H2,1H3,(H2,19,20,21,23). The topological polar surface area (TPSA) is 46.2 Å². The summed E-state index contributed by atoms with van der Waals surface area (Å²) in [4.78, 5) is 4.03. The molecule has 0 saturated carbocycles. The first-order chi connectivity index (χ1) is 11.0. The van der Waals surface area contributed by atoms with Crippen LogP contribution < -0.4 is 15.4 Å². The van der Waals surface area contributed by atoms with Crippen LogP contribution in [0.2, 0.25) is 5.02 Å². The van der Waals surface area contributed by atoms with E-state index in [0.717, 1.165) is 0 Å². The minimum atomic E-state index is -0.707. The molecular formula is C15H14ClF2N3OS. The number of nitrogens with one attached hydrogen (secondary N) is 2. The van der Waals surface area contributed by atoms with Crippen LogP contribution in [0.3, 0.4) is 0 Å². The summed E-state index contributed by atoms with van der Waals surface area (Å²) in [6.45, 7) is 0.233. The molecule has 0 saturated heterocycles. The zero-order chi connectivity index (χ0) is 16.8. The fraction of sp³-hybridized carbons (Fsp3) is 0.200. The molecule has 1 heterocycles. The molecule has 0 unspecified atom stereocenters. The number of thiocarbonyl (C=S) groups is 1. The van der Waals surface area contributed by atoms with E-state index in [2.05, 4.69) is 15.6 Å². The number of hydrogen-bond donors (Lipinski definition) is 2. The van der Waals surface area contributed by atoms with E-state index in [1.54, 1.807) is 18.3 Å². The van der Waals surface area contributed by atoms with Crippen LogP contribution in [0.25, 0.3) is 0 Å². The lowest BCUT2D eigenvalue weighted by Crippen LogP contribution is -2.31. The van der Waals surface area contributed by atoms with Gasteiger partial charge in [0, 0.05) is 18.3 Å². The molecule has 2 aromatic rings. The predicted octanol–water partition coefficient (Wildman–Crippen LogP) is 3.55. The molecule has 0 radical (unpaired) electrons. The second kappa shape index (κ2) is 8.03. The van der Waals surface area contributed by atoms with E-state index >= 15 is 0 Å². The maximum absolute atomic E-state index is 14.0. The van der Waals surface area contributed by atoms with Crippen molar-refractivity contribution < 1.29 is 13.5 Å². The normalized spacial score (nSPS) is 10.3. The molecule has 0 amide bonds. The van der Waals surface area contributed by atoms with E-state index in [9.17, 15) is 8.78 Å².